The number of amides is 2. The van der Waals surface area contributed by atoms with Crippen LogP contribution in [0.15, 0.2) is 41.3 Å². The first-order valence-electron chi connectivity index (χ1n) is 14.7. The monoisotopic (exact) mass is 626 g/mol. The Kier molecular flexibility index (Phi) is 7.85. The Labute approximate surface area is 255 Å². The molecule has 0 spiro atoms. The number of cyclic esters (lactones) is 1. The fraction of sp³-hybridized carbons (Fsp3) is 0.419. The van der Waals surface area contributed by atoms with E-state index in [1.807, 2.05) is 0 Å². The van der Waals surface area contributed by atoms with Crippen LogP contribution >= 0.6 is 0 Å². The molecule has 1 aromatic heterocycles. The molecule has 2 aromatic carbocycles. The molecule has 2 amide bonds. The van der Waals surface area contributed by atoms with E-state index in [-0.39, 0.29) is 80.1 Å². The number of nitrogens with zero attached hydrogens (tertiary/aromatic N) is 3. The van der Waals surface area contributed by atoms with Gasteiger partial charge in [-0.1, -0.05) is 0 Å². The smallest absolute Gasteiger partial charge is 0.414 e. The number of carboxylic acids is 1. The first-order chi connectivity index (χ1) is 21.4. The maximum absolute atomic E-state index is 15.3. The van der Waals surface area contributed by atoms with Crippen LogP contribution in [0.2, 0.25) is 0 Å². The SMILES string of the molecule is CC(=O)NCC1CN(c2ccc(OCC3(O)CCN(c4cc5c(cc4F)c(=O)c(C(=O)O)cn5C4CC4)CC3)c(F)c2)C(=O)O1. The summed E-state index contributed by atoms with van der Waals surface area (Å²) < 4.78 is 42.9. The van der Waals surface area contributed by atoms with Crippen LogP contribution in [0, 0.1) is 11.6 Å². The van der Waals surface area contributed by atoms with Gasteiger partial charge < -0.3 is 34.5 Å². The third-order valence-electron chi connectivity index (χ3n) is 8.48. The number of carbonyl (C=O) groups excluding carboxylic acids is 2. The zero-order valence-corrected chi connectivity index (χ0v) is 24.4. The molecule has 1 saturated carbocycles. The predicted molar refractivity (Wildman–Crippen MR) is 158 cm³/mol. The van der Waals surface area contributed by atoms with Crippen molar-refractivity contribution in [1.29, 1.82) is 0 Å². The lowest BCUT2D eigenvalue weighted by Gasteiger charge is -2.39. The van der Waals surface area contributed by atoms with Gasteiger partial charge in [0.2, 0.25) is 11.3 Å². The minimum Gasteiger partial charge on any atom is -0.488 e. The maximum Gasteiger partial charge on any atom is 0.414 e. The van der Waals surface area contributed by atoms with Crippen LogP contribution in [0.25, 0.3) is 10.9 Å². The number of pyridine rings is 1. The van der Waals surface area contributed by atoms with E-state index >= 15 is 4.39 Å². The largest absolute Gasteiger partial charge is 0.488 e. The number of hydrogen-bond acceptors (Lipinski definition) is 8. The van der Waals surface area contributed by atoms with Crippen LogP contribution in [-0.4, -0.2) is 77.2 Å². The van der Waals surface area contributed by atoms with Gasteiger partial charge in [0, 0.05) is 43.7 Å². The van der Waals surface area contributed by atoms with E-state index in [4.69, 9.17) is 9.47 Å². The fourth-order valence-corrected chi connectivity index (χ4v) is 5.80. The molecule has 3 N–H and O–H groups in total. The van der Waals surface area contributed by atoms with Crippen LogP contribution in [0.4, 0.5) is 25.0 Å². The molecule has 3 heterocycles. The molecular formula is C31H32F2N4O8. The van der Waals surface area contributed by atoms with Crippen molar-refractivity contribution in [2.75, 3.05) is 42.6 Å². The normalized spacial score (nSPS) is 19.5. The van der Waals surface area contributed by atoms with Crippen molar-refractivity contribution in [3.63, 3.8) is 0 Å². The van der Waals surface area contributed by atoms with Gasteiger partial charge in [-0.15, -0.1) is 0 Å². The van der Waals surface area contributed by atoms with E-state index in [2.05, 4.69) is 5.32 Å². The van der Waals surface area contributed by atoms with Gasteiger partial charge in [-0.05, 0) is 49.9 Å². The van der Waals surface area contributed by atoms with Gasteiger partial charge in [0.25, 0.3) is 0 Å². The fourth-order valence-electron chi connectivity index (χ4n) is 5.80. The van der Waals surface area contributed by atoms with Gasteiger partial charge in [-0.3, -0.25) is 14.5 Å². The summed E-state index contributed by atoms with van der Waals surface area (Å²) in [5, 5.41) is 23.2. The summed E-state index contributed by atoms with van der Waals surface area (Å²) >= 11 is 0. The quantitative estimate of drug-likeness (QED) is 0.325. The average molecular weight is 627 g/mol. The molecule has 45 heavy (non-hydrogen) atoms. The molecule has 6 rings (SSSR count). The molecule has 1 unspecified atom stereocenters. The number of aliphatic hydroxyl groups is 1. The molecule has 1 aliphatic carbocycles. The molecule has 3 aromatic rings. The number of ether oxygens (including phenoxy) is 2. The Balaban J connectivity index is 1.11. The number of fused-ring (bicyclic) bond motifs is 1. The minimum atomic E-state index is -1.36. The van der Waals surface area contributed by atoms with E-state index in [1.165, 1.54) is 30.2 Å². The van der Waals surface area contributed by atoms with E-state index in [0.717, 1.165) is 25.0 Å². The molecule has 0 radical (unpaired) electrons. The number of hydrogen-bond donors (Lipinski definition) is 3. The Bertz CT molecular complexity index is 1750. The molecule has 3 aliphatic rings. The minimum absolute atomic E-state index is 0.00411. The van der Waals surface area contributed by atoms with Gasteiger partial charge in [0.05, 0.1) is 30.0 Å². The zero-order valence-electron chi connectivity index (χ0n) is 24.4. The number of halogens is 2. The molecule has 1 atom stereocenters. The third kappa shape index (κ3) is 6.14. The second kappa shape index (κ2) is 11.7. The van der Waals surface area contributed by atoms with Crippen LogP contribution < -0.4 is 25.3 Å². The highest BCUT2D eigenvalue weighted by Crippen LogP contribution is 2.39. The number of benzene rings is 2. The van der Waals surface area contributed by atoms with E-state index in [0.29, 0.717) is 5.52 Å². The number of nitrogens with one attached hydrogen (secondary N) is 1. The van der Waals surface area contributed by atoms with Crippen molar-refractivity contribution in [3.05, 3.63) is 63.9 Å². The first-order valence-corrected chi connectivity index (χ1v) is 14.7. The highest BCUT2D eigenvalue weighted by molar-refractivity contribution is 5.94. The summed E-state index contributed by atoms with van der Waals surface area (Å²) in [6.07, 6.45) is 2.12. The summed E-state index contributed by atoms with van der Waals surface area (Å²) in [7, 11) is 0. The number of rotatable bonds is 9. The Morgan fingerprint density at radius 1 is 1.11 bits per heavy atom. The van der Waals surface area contributed by atoms with Crippen molar-refractivity contribution in [2.45, 2.75) is 50.4 Å². The standard InChI is InChI=1S/C31H32F2N4O8/c1-17(38)34-13-20-14-37(30(42)45-20)19-4-5-27(24(33)10-19)44-16-31(43)6-8-35(9-7-31)26-12-25-21(11-23(26)32)28(39)22(29(40)41)15-36(25)18-2-3-18/h4-5,10-12,15,18,20,43H,2-3,6-9,13-14,16H2,1H3,(H,34,38)(H,40,41). The van der Waals surface area contributed by atoms with E-state index in [9.17, 15) is 33.8 Å². The van der Waals surface area contributed by atoms with Gasteiger partial charge in [-0.25, -0.2) is 18.4 Å². The summed E-state index contributed by atoms with van der Waals surface area (Å²) in [5.74, 6) is -3.15. The number of aromatic carboxylic acids is 1. The van der Waals surface area contributed by atoms with E-state index in [1.54, 1.807) is 15.5 Å². The van der Waals surface area contributed by atoms with Crippen LogP contribution in [0.5, 0.6) is 5.75 Å². The molecule has 238 valence electrons. The van der Waals surface area contributed by atoms with Crippen molar-refractivity contribution in [1.82, 2.24) is 9.88 Å². The maximum atomic E-state index is 15.3. The highest BCUT2D eigenvalue weighted by atomic mass is 19.1. The summed E-state index contributed by atoms with van der Waals surface area (Å²) in [5.41, 5.74) is -1.51. The van der Waals surface area contributed by atoms with Crippen molar-refractivity contribution in [3.8, 4) is 5.75 Å². The number of aromatic nitrogens is 1. The second-order valence-corrected chi connectivity index (χ2v) is 11.8. The molecule has 12 nitrogen and oxygen atoms in total. The topological polar surface area (TPSA) is 151 Å². The molecule has 14 heteroatoms. The number of carbonyl (C=O) groups is 3. The Morgan fingerprint density at radius 3 is 2.49 bits per heavy atom. The second-order valence-electron chi connectivity index (χ2n) is 11.8. The lowest BCUT2D eigenvalue weighted by molar-refractivity contribution is -0.119. The lowest BCUT2D eigenvalue weighted by atomic mass is 9.92. The van der Waals surface area contributed by atoms with Crippen molar-refractivity contribution < 1.29 is 42.9 Å². The Hall–Kier alpha value is -4.72. The zero-order chi connectivity index (χ0) is 32.0. The predicted octanol–water partition coefficient (Wildman–Crippen LogP) is 3.18. The van der Waals surface area contributed by atoms with Gasteiger partial charge in [-0.2, -0.15) is 0 Å². The number of piperidine rings is 1. The van der Waals surface area contributed by atoms with Crippen LogP contribution in [0.1, 0.15) is 49.0 Å². The molecule has 2 saturated heterocycles. The van der Waals surface area contributed by atoms with Crippen LogP contribution in [0.3, 0.4) is 0 Å². The van der Waals surface area contributed by atoms with Gasteiger partial charge in [0.1, 0.15) is 29.7 Å². The van der Waals surface area contributed by atoms with Gasteiger partial charge in [0.15, 0.2) is 11.6 Å². The Morgan fingerprint density at radius 2 is 1.84 bits per heavy atom. The summed E-state index contributed by atoms with van der Waals surface area (Å²) in [6, 6.07) is 6.67. The number of anilines is 2. The third-order valence-corrected chi connectivity index (χ3v) is 8.48. The highest BCUT2D eigenvalue weighted by Gasteiger charge is 2.36. The average Bonchev–Trinajstić information content (AvgIpc) is 3.77. The molecule has 0 bridgehead atoms. The first kappa shape index (κ1) is 30.3. The number of carboxylic acid groups (broad SMARTS) is 1. The summed E-state index contributed by atoms with van der Waals surface area (Å²) in [4.78, 5) is 50.8. The van der Waals surface area contributed by atoms with E-state index < -0.39 is 46.4 Å². The summed E-state index contributed by atoms with van der Waals surface area (Å²) in [6.45, 7) is 1.90. The van der Waals surface area contributed by atoms with Crippen molar-refractivity contribution >= 4 is 40.2 Å². The molecule has 3 fully saturated rings. The molecular weight excluding hydrogens is 594 g/mol. The molecule has 2 aliphatic heterocycles. The van der Waals surface area contributed by atoms with Crippen LogP contribution in [-0.2, 0) is 9.53 Å². The van der Waals surface area contributed by atoms with Gasteiger partial charge >= 0.3 is 12.1 Å². The lowest BCUT2D eigenvalue weighted by Crippen LogP contribution is -2.48. The van der Waals surface area contributed by atoms with Crippen molar-refractivity contribution in [2.24, 2.45) is 0 Å².